The third-order valence-electron chi connectivity index (χ3n) is 4.30. The summed E-state index contributed by atoms with van der Waals surface area (Å²) >= 11 is 1.51. The lowest BCUT2D eigenvalue weighted by Gasteiger charge is -2.11. The van der Waals surface area contributed by atoms with Gasteiger partial charge in [-0.2, -0.15) is 0 Å². The molecule has 0 saturated carbocycles. The Morgan fingerprint density at radius 2 is 1.80 bits per heavy atom. The number of thiazole rings is 1. The van der Waals surface area contributed by atoms with E-state index in [1.165, 1.54) is 16.2 Å². The van der Waals surface area contributed by atoms with Crippen LogP contribution in [0, 0.1) is 0 Å². The smallest absolute Gasteiger partial charge is 0.325 e. The second-order valence-corrected chi connectivity index (χ2v) is 7.14. The molecule has 0 spiro atoms. The number of carbonyl (C=O) groups excluding carboxylic acids is 2. The zero-order chi connectivity index (χ0) is 17.2. The van der Waals surface area contributed by atoms with Gasteiger partial charge in [0.15, 0.2) is 0 Å². The largest absolute Gasteiger partial charge is 0.326 e. The number of urea groups is 1. The number of fused-ring (bicyclic) bond motifs is 1. The van der Waals surface area contributed by atoms with Gasteiger partial charge in [0.2, 0.25) is 0 Å². The SMILES string of the molecule is O=C1NC(CCc2ccccc2)C(=O)N1Cc1nc2ccccc2s1. The Kier molecular flexibility index (Phi) is 4.19. The van der Waals surface area contributed by atoms with Crippen LogP contribution in [0.4, 0.5) is 4.79 Å². The van der Waals surface area contributed by atoms with Gasteiger partial charge < -0.3 is 5.32 Å². The highest BCUT2D eigenvalue weighted by atomic mass is 32.1. The summed E-state index contributed by atoms with van der Waals surface area (Å²) in [6, 6.07) is 17.0. The first kappa shape index (κ1) is 15.8. The van der Waals surface area contributed by atoms with E-state index in [-0.39, 0.29) is 18.5 Å². The van der Waals surface area contributed by atoms with E-state index in [9.17, 15) is 9.59 Å². The van der Waals surface area contributed by atoms with Crippen molar-refractivity contribution in [3.8, 4) is 0 Å². The Labute approximate surface area is 149 Å². The molecule has 4 rings (SSSR count). The second kappa shape index (κ2) is 6.64. The van der Waals surface area contributed by atoms with Crippen LogP contribution in [0.1, 0.15) is 17.0 Å². The number of nitrogens with zero attached hydrogens (tertiary/aromatic N) is 2. The molecule has 6 heteroatoms. The number of para-hydroxylation sites is 1. The highest BCUT2D eigenvalue weighted by Gasteiger charge is 2.37. The molecule has 3 amide bonds. The molecular formula is C19H17N3O2S. The molecule has 2 aromatic carbocycles. The van der Waals surface area contributed by atoms with E-state index in [2.05, 4.69) is 10.3 Å². The standard InChI is InChI=1S/C19H17N3O2S/c23-18-15(11-10-13-6-2-1-3-7-13)21-19(24)22(18)12-17-20-14-8-4-5-9-16(14)25-17/h1-9,15H,10-12H2,(H,21,24). The molecule has 1 fully saturated rings. The summed E-state index contributed by atoms with van der Waals surface area (Å²) in [5.74, 6) is -0.166. The Balaban J connectivity index is 1.43. The molecule has 2 heterocycles. The summed E-state index contributed by atoms with van der Waals surface area (Å²) in [6.07, 6.45) is 1.36. The van der Waals surface area contributed by atoms with Crippen molar-refractivity contribution in [2.75, 3.05) is 0 Å². The number of aromatic nitrogens is 1. The predicted molar refractivity (Wildman–Crippen MR) is 97.3 cm³/mol. The molecular weight excluding hydrogens is 334 g/mol. The van der Waals surface area contributed by atoms with Gasteiger partial charge in [-0.1, -0.05) is 42.5 Å². The van der Waals surface area contributed by atoms with Crippen molar-refractivity contribution in [2.45, 2.75) is 25.4 Å². The van der Waals surface area contributed by atoms with Crippen LogP contribution in [0.15, 0.2) is 54.6 Å². The number of nitrogens with one attached hydrogen (secondary N) is 1. The van der Waals surface area contributed by atoms with Crippen LogP contribution >= 0.6 is 11.3 Å². The number of hydrogen-bond donors (Lipinski definition) is 1. The fraction of sp³-hybridized carbons (Fsp3) is 0.211. The fourth-order valence-corrected chi connectivity index (χ4v) is 3.96. The third-order valence-corrected chi connectivity index (χ3v) is 5.32. The quantitative estimate of drug-likeness (QED) is 0.717. The lowest BCUT2D eigenvalue weighted by molar-refractivity contribution is -0.128. The molecule has 3 aromatic rings. The van der Waals surface area contributed by atoms with Gasteiger partial charge in [-0.25, -0.2) is 9.78 Å². The first-order chi connectivity index (χ1) is 12.2. The van der Waals surface area contributed by atoms with Crippen molar-refractivity contribution < 1.29 is 9.59 Å². The molecule has 1 aliphatic heterocycles. The molecule has 1 unspecified atom stereocenters. The average Bonchev–Trinajstić information content (AvgIpc) is 3.16. The number of rotatable bonds is 5. The van der Waals surface area contributed by atoms with Crippen LogP contribution < -0.4 is 5.32 Å². The number of imide groups is 1. The zero-order valence-electron chi connectivity index (χ0n) is 13.5. The molecule has 1 aliphatic rings. The first-order valence-corrected chi connectivity index (χ1v) is 9.02. The van der Waals surface area contributed by atoms with Crippen molar-refractivity contribution in [1.29, 1.82) is 0 Å². The van der Waals surface area contributed by atoms with Gasteiger partial charge in [0.05, 0.1) is 16.8 Å². The van der Waals surface area contributed by atoms with Crippen molar-refractivity contribution >= 4 is 33.5 Å². The first-order valence-electron chi connectivity index (χ1n) is 8.21. The van der Waals surface area contributed by atoms with Crippen LogP contribution in [-0.4, -0.2) is 27.9 Å². The molecule has 0 aliphatic carbocycles. The van der Waals surface area contributed by atoms with Gasteiger partial charge >= 0.3 is 6.03 Å². The molecule has 25 heavy (non-hydrogen) atoms. The van der Waals surface area contributed by atoms with Gasteiger partial charge in [-0.15, -0.1) is 11.3 Å². The molecule has 0 radical (unpaired) electrons. The average molecular weight is 351 g/mol. The lowest BCUT2D eigenvalue weighted by atomic mass is 10.1. The number of hydrogen-bond acceptors (Lipinski definition) is 4. The van der Waals surface area contributed by atoms with E-state index in [1.807, 2.05) is 54.6 Å². The maximum absolute atomic E-state index is 12.6. The minimum Gasteiger partial charge on any atom is -0.326 e. The fourth-order valence-electron chi connectivity index (χ4n) is 3.00. The molecule has 1 aromatic heterocycles. The highest BCUT2D eigenvalue weighted by molar-refractivity contribution is 7.18. The number of aryl methyl sites for hydroxylation is 1. The zero-order valence-corrected chi connectivity index (χ0v) is 14.3. The summed E-state index contributed by atoms with van der Waals surface area (Å²) in [7, 11) is 0. The maximum atomic E-state index is 12.6. The second-order valence-electron chi connectivity index (χ2n) is 6.03. The molecule has 1 atom stereocenters. The van der Waals surface area contributed by atoms with Crippen LogP contribution in [0.5, 0.6) is 0 Å². The van der Waals surface area contributed by atoms with E-state index < -0.39 is 6.04 Å². The van der Waals surface area contributed by atoms with Crippen molar-refractivity contribution in [1.82, 2.24) is 15.2 Å². The minimum atomic E-state index is -0.456. The van der Waals surface area contributed by atoms with Crippen LogP contribution in [0.25, 0.3) is 10.2 Å². The Hall–Kier alpha value is -2.73. The van der Waals surface area contributed by atoms with Crippen LogP contribution in [0.2, 0.25) is 0 Å². The normalized spacial score (nSPS) is 17.3. The topological polar surface area (TPSA) is 62.3 Å². The Bertz CT molecular complexity index is 890. The lowest BCUT2D eigenvalue weighted by Crippen LogP contribution is -2.31. The van der Waals surface area contributed by atoms with E-state index in [0.717, 1.165) is 27.2 Å². The van der Waals surface area contributed by atoms with Gasteiger partial charge in [-0.05, 0) is 30.5 Å². The molecule has 126 valence electrons. The van der Waals surface area contributed by atoms with E-state index in [1.54, 1.807) is 0 Å². The summed E-state index contributed by atoms with van der Waals surface area (Å²) in [4.78, 5) is 30.6. The highest BCUT2D eigenvalue weighted by Crippen LogP contribution is 2.24. The molecule has 0 bridgehead atoms. The van der Waals surface area contributed by atoms with E-state index >= 15 is 0 Å². The van der Waals surface area contributed by atoms with Crippen molar-refractivity contribution in [3.05, 3.63) is 65.2 Å². The summed E-state index contributed by atoms with van der Waals surface area (Å²) in [5, 5.41) is 3.56. The summed E-state index contributed by atoms with van der Waals surface area (Å²) in [6.45, 7) is 0.228. The monoisotopic (exact) mass is 351 g/mol. The number of benzene rings is 2. The van der Waals surface area contributed by atoms with Gasteiger partial charge in [0, 0.05) is 0 Å². The third kappa shape index (κ3) is 3.25. The number of amides is 3. The van der Waals surface area contributed by atoms with Gasteiger partial charge in [0.1, 0.15) is 11.0 Å². The predicted octanol–water partition coefficient (Wildman–Crippen LogP) is 3.35. The van der Waals surface area contributed by atoms with Crippen LogP contribution in [0.3, 0.4) is 0 Å². The minimum absolute atomic E-state index is 0.166. The van der Waals surface area contributed by atoms with Crippen LogP contribution in [-0.2, 0) is 17.8 Å². The van der Waals surface area contributed by atoms with E-state index in [0.29, 0.717) is 6.42 Å². The van der Waals surface area contributed by atoms with Gasteiger partial charge in [-0.3, -0.25) is 9.69 Å². The summed E-state index contributed by atoms with van der Waals surface area (Å²) < 4.78 is 1.06. The molecule has 1 saturated heterocycles. The number of carbonyl (C=O) groups is 2. The Morgan fingerprint density at radius 1 is 1.04 bits per heavy atom. The van der Waals surface area contributed by atoms with Crippen molar-refractivity contribution in [3.63, 3.8) is 0 Å². The Morgan fingerprint density at radius 3 is 2.60 bits per heavy atom. The van der Waals surface area contributed by atoms with Gasteiger partial charge in [0.25, 0.3) is 5.91 Å². The maximum Gasteiger partial charge on any atom is 0.325 e. The van der Waals surface area contributed by atoms with Crippen molar-refractivity contribution in [2.24, 2.45) is 0 Å². The van der Waals surface area contributed by atoms with E-state index in [4.69, 9.17) is 0 Å². The summed E-state index contributed by atoms with van der Waals surface area (Å²) in [5.41, 5.74) is 2.06. The molecule has 1 N–H and O–H groups in total. The molecule has 5 nitrogen and oxygen atoms in total.